The molecule has 2 nitrogen and oxygen atoms in total. The van der Waals surface area contributed by atoms with E-state index in [1.165, 1.54) is 125 Å². The zero-order valence-corrected chi connectivity index (χ0v) is 21.9. The summed E-state index contributed by atoms with van der Waals surface area (Å²) >= 11 is 0. The van der Waals surface area contributed by atoms with E-state index in [2.05, 4.69) is 51.1 Å². The fourth-order valence-electron chi connectivity index (χ4n) is 4.57. The first kappa shape index (κ1) is 31.0. The lowest BCUT2D eigenvalue weighted by Gasteiger charge is -2.11. The van der Waals surface area contributed by atoms with Gasteiger partial charge in [0.05, 0.1) is 0 Å². The molecule has 0 amide bonds. The van der Waals surface area contributed by atoms with E-state index in [9.17, 15) is 0 Å². The van der Waals surface area contributed by atoms with Crippen molar-refractivity contribution in [3.05, 3.63) is 47.0 Å². The molecule has 0 saturated carbocycles. The topological polar surface area (TPSA) is 34.1 Å². The first-order valence-corrected chi connectivity index (χ1v) is 13.3. The predicted molar refractivity (Wildman–Crippen MR) is 146 cm³/mol. The van der Waals surface area contributed by atoms with Crippen LogP contribution in [0.3, 0.4) is 0 Å². The van der Waals surface area contributed by atoms with E-state index >= 15 is 0 Å². The van der Waals surface area contributed by atoms with E-state index < -0.39 is 0 Å². The van der Waals surface area contributed by atoms with Gasteiger partial charge in [0.1, 0.15) is 13.6 Å². The molecule has 2 aromatic carbocycles. The van der Waals surface area contributed by atoms with Crippen LogP contribution in [-0.2, 0) is 22.4 Å². The molecule has 0 spiro atoms. The Hall–Kier alpha value is -1.96. The van der Waals surface area contributed by atoms with Gasteiger partial charge in [-0.05, 0) is 54.5 Å². The molecule has 0 fully saturated rings. The highest BCUT2D eigenvalue weighted by atomic mass is 16.1. The number of unbranched alkanes of at least 4 members (excludes halogenated alkanes) is 12. The van der Waals surface area contributed by atoms with Crippen molar-refractivity contribution in [2.75, 3.05) is 0 Å². The van der Waals surface area contributed by atoms with Crippen molar-refractivity contribution < 1.29 is 9.59 Å². The molecule has 0 heterocycles. The molecular formula is C31H50O2. The summed E-state index contributed by atoms with van der Waals surface area (Å²) in [5, 5.41) is 2.95. The lowest BCUT2D eigenvalue weighted by molar-refractivity contribution is -0.0987. The lowest BCUT2D eigenvalue weighted by Crippen LogP contribution is -1.93. The monoisotopic (exact) mass is 454 g/mol. The van der Waals surface area contributed by atoms with Crippen molar-refractivity contribution in [2.24, 2.45) is 0 Å². The van der Waals surface area contributed by atoms with E-state index in [-0.39, 0.29) is 0 Å². The summed E-state index contributed by atoms with van der Waals surface area (Å²) in [6.45, 7) is 10.8. The third kappa shape index (κ3) is 14.0. The number of hydrogen-bond acceptors (Lipinski definition) is 2. The maximum atomic E-state index is 8.00. The second-order valence-corrected chi connectivity index (χ2v) is 9.22. The maximum Gasteiger partial charge on any atom is 0.106 e. The molecule has 0 N–H and O–H groups in total. The third-order valence-electron chi connectivity index (χ3n) is 6.37. The second kappa shape index (κ2) is 21.9. The molecule has 0 radical (unpaired) electrons. The van der Waals surface area contributed by atoms with Crippen LogP contribution in [0.4, 0.5) is 0 Å². The summed E-state index contributed by atoms with van der Waals surface area (Å²) in [7, 11) is 0. The number of rotatable bonds is 16. The molecule has 0 aromatic heterocycles. The van der Waals surface area contributed by atoms with Gasteiger partial charge in [0.2, 0.25) is 0 Å². The number of carbonyl (C=O) groups excluding carboxylic acids is 2. The van der Waals surface area contributed by atoms with Crippen molar-refractivity contribution in [3.63, 3.8) is 0 Å². The Morgan fingerprint density at radius 1 is 0.576 bits per heavy atom. The highest BCUT2D eigenvalue weighted by Gasteiger charge is 2.05. The zero-order chi connectivity index (χ0) is 24.7. The van der Waals surface area contributed by atoms with Crippen LogP contribution in [0.1, 0.15) is 120 Å². The largest absolute Gasteiger partial charge is 0.307 e. The molecular weight excluding hydrogens is 404 g/mol. The van der Waals surface area contributed by atoms with E-state index in [4.69, 9.17) is 9.59 Å². The zero-order valence-electron chi connectivity index (χ0n) is 21.9. The standard InChI is InChI=1S/C29H46.2CH2O/c1-4-6-8-10-12-14-16-18-26-20-21-28-23-25(3)22-27(29(28)24-26)19-17-15-13-11-9-7-5-2;2*1-2/h20-24H,4-19H2,1-3H3;2*1H2. The first-order valence-electron chi connectivity index (χ1n) is 13.3. The molecule has 0 atom stereocenters. The molecule has 0 bridgehead atoms. The first-order chi connectivity index (χ1) is 16.2. The summed E-state index contributed by atoms with van der Waals surface area (Å²) < 4.78 is 0. The van der Waals surface area contributed by atoms with E-state index in [0.29, 0.717) is 0 Å². The van der Waals surface area contributed by atoms with Gasteiger partial charge in [-0.15, -0.1) is 0 Å². The fourth-order valence-corrected chi connectivity index (χ4v) is 4.57. The summed E-state index contributed by atoms with van der Waals surface area (Å²) in [4.78, 5) is 16.0. The highest BCUT2D eigenvalue weighted by Crippen LogP contribution is 2.25. The second-order valence-electron chi connectivity index (χ2n) is 9.22. The quantitative estimate of drug-likeness (QED) is 0.237. The van der Waals surface area contributed by atoms with E-state index in [0.717, 1.165) is 0 Å². The van der Waals surface area contributed by atoms with Crippen molar-refractivity contribution in [1.82, 2.24) is 0 Å². The van der Waals surface area contributed by atoms with Crippen molar-refractivity contribution in [3.8, 4) is 0 Å². The van der Waals surface area contributed by atoms with Crippen LogP contribution in [0.5, 0.6) is 0 Å². The number of carbonyl (C=O) groups is 2. The van der Waals surface area contributed by atoms with Gasteiger partial charge in [0.25, 0.3) is 0 Å². The van der Waals surface area contributed by atoms with Gasteiger partial charge < -0.3 is 9.59 Å². The van der Waals surface area contributed by atoms with Gasteiger partial charge in [-0.2, -0.15) is 0 Å². The van der Waals surface area contributed by atoms with Crippen molar-refractivity contribution in [2.45, 2.75) is 124 Å². The van der Waals surface area contributed by atoms with Crippen molar-refractivity contribution in [1.29, 1.82) is 0 Å². The Kier molecular flexibility index (Phi) is 20.6. The molecule has 2 heteroatoms. The van der Waals surface area contributed by atoms with Gasteiger partial charge in [-0.25, -0.2) is 0 Å². The highest BCUT2D eigenvalue weighted by molar-refractivity contribution is 5.87. The molecule has 2 aromatic rings. The van der Waals surface area contributed by atoms with Crippen LogP contribution in [0.15, 0.2) is 30.3 Å². The Morgan fingerprint density at radius 3 is 1.61 bits per heavy atom. The average molecular weight is 455 g/mol. The minimum absolute atomic E-state index is 1.24. The van der Waals surface area contributed by atoms with Crippen LogP contribution >= 0.6 is 0 Å². The van der Waals surface area contributed by atoms with Gasteiger partial charge >= 0.3 is 0 Å². The van der Waals surface area contributed by atoms with Crippen LogP contribution in [0.2, 0.25) is 0 Å². The SMILES string of the molecule is C=O.C=O.CCCCCCCCCc1ccc2cc(C)cc(CCCCCCCCC)c2c1. The summed E-state index contributed by atoms with van der Waals surface area (Å²) in [5.74, 6) is 0. The number of fused-ring (bicyclic) bond motifs is 1. The molecule has 33 heavy (non-hydrogen) atoms. The Labute approximate surface area is 204 Å². The smallest absolute Gasteiger partial charge is 0.106 e. The minimum Gasteiger partial charge on any atom is -0.307 e. The molecule has 186 valence electrons. The summed E-state index contributed by atoms with van der Waals surface area (Å²) in [6.07, 6.45) is 22.0. The van der Waals surface area contributed by atoms with Crippen molar-refractivity contribution >= 4 is 24.4 Å². The van der Waals surface area contributed by atoms with E-state index in [1.54, 1.807) is 5.56 Å². The molecule has 0 aliphatic rings. The summed E-state index contributed by atoms with van der Waals surface area (Å²) in [5.41, 5.74) is 4.53. The third-order valence-corrected chi connectivity index (χ3v) is 6.37. The average Bonchev–Trinajstić information content (AvgIpc) is 2.85. The Morgan fingerprint density at radius 2 is 1.06 bits per heavy atom. The van der Waals surface area contributed by atoms with E-state index in [1.807, 2.05) is 13.6 Å². The molecule has 0 aliphatic heterocycles. The predicted octanol–water partition coefficient (Wildman–Crippen LogP) is 9.36. The van der Waals surface area contributed by atoms with Gasteiger partial charge in [-0.3, -0.25) is 0 Å². The Balaban J connectivity index is 0.00000242. The fraction of sp³-hybridized carbons (Fsp3) is 0.613. The molecule has 0 saturated heterocycles. The van der Waals surface area contributed by atoms with Crippen LogP contribution < -0.4 is 0 Å². The molecule has 2 rings (SSSR count). The van der Waals surface area contributed by atoms with Crippen LogP contribution in [-0.4, -0.2) is 13.6 Å². The summed E-state index contributed by atoms with van der Waals surface area (Å²) in [6, 6.07) is 12.0. The minimum atomic E-state index is 1.24. The Bertz CT molecular complexity index is 720. The molecule has 0 aliphatic carbocycles. The number of aryl methyl sites for hydroxylation is 3. The number of benzene rings is 2. The number of hydrogen-bond donors (Lipinski definition) is 0. The lowest BCUT2D eigenvalue weighted by atomic mass is 9.94. The molecule has 0 unspecified atom stereocenters. The van der Waals surface area contributed by atoms with Crippen LogP contribution in [0.25, 0.3) is 10.8 Å². The van der Waals surface area contributed by atoms with Gasteiger partial charge in [0, 0.05) is 0 Å². The van der Waals surface area contributed by atoms with Crippen LogP contribution in [0, 0.1) is 6.92 Å². The van der Waals surface area contributed by atoms with Gasteiger partial charge in [-0.1, -0.05) is 127 Å². The normalized spacial score (nSPS) is 10.3. The van der Waals surface area contributed by atoms with Gasteiger partial charge in [0.15, 0.2) is 0 Å². The maximum absolute atomic E-state index is 8.00.